The minimum absolute atomic E-state index is 0.158. The molecule has 0 fully saturated rings. The fraction of sp³-hybridized carbons (Fsp3) is 0.615. The Labute approximate surface area is 117 Å². The van der Waals surface area contributed by atoms with E-state index in [1.165, 1.54) is 7.11 Å². The maximum Gasteiger partial charge on any atom is 0.307 e. The highest BCUT2D eigenvalue weighted by molar-refractivity contribution is 5.88. The number of methoxy groups -OCH3 is 1. The number of carbonyl (C=O) groups excluding carboxylic acids is 2. The second kappa shape index (κ2) is 8.31. The Morgan fingerprint density at radius 1 is 1.20 bits per heavy atom. The van der Waals surface area contributed by atoms with Crippen molar-refractivity contribution in [3.05, 3.63) is 12.2 Å². The van der Waals surface area contributed by atoms with Crippen LogP contribution in [0.3, 0.4) is 0 Å². The fourth-order valence-corrected chi connectivity index (χ4v) is 2.03. The van der Waals surface area contributed by atoms with Gasteiger partial charge in [0.1, 0.15) is 0 Å². The van der Waals surface area contributed by atoms with E-state index in [4.69, 9.17) is 9.84 Å². The van der Waals surface area contributed by atoms with Crippen LogP contribution in [0.1, 0.15) is 12.8 Å². The van der Waals surface area contributed by atoms with Gasteiger partial charge in [0, 0.05) is 13.7 Å². The summed E-state index contributed by atoms with van der Waals surface area (Å²) in [6.45, 7) is 0.610. The molecule has 2 amide bonds. The Kier molecular flexibility index (Phi) is 6.72. The lowest BCUT2D eigenvalue weighted by Crippen LogP contribution is -2.43. The quantitative estimate of drug-likeness (QED) is 0.433. The second-order valence-electron chi connectivity index (χ2n) is 4.55. The summed E-state index contributed by atoms with van der Waals surface area (Å²) in [6, 6.07) is 0. The molecule has 0 radical (unpaired) electrons. The zero-order valence-corrected chi connectivity index (χ0v) is 11.4. The van der Waals surface area contributed by atoms with Crippen molar-refractivity contribution in [1.82, 2.24) is 10.6 Å². The normalized spacial score (nSPS) is 21.2. The number of allylic oxidation sites excluding steroid dienone is 2. The number of ether oxygens (including phenoxy) is 1. The summed E-state index contributed by atoms with van der Waals surface area (Å²) in [7, 11) is 1.52. The van der Waals surface area contributed by atoms with Crippen molar-refractivity contribution in [2.45, 2.75) is 12.8 Å². The van der Waals surface area contributed by atoms with Crippen LogP contribution in [0, 0.1) is 11.8 Å². The first-order chi connectivity index (χ1) is 9.56. The summed E-state index contributed by atoms with van der Waals surface area (Å²) in [5, 5.41) is 14.1. The van der Waals surface area contributed by atoms with Gasteiger partial charge in [-0.3, -0.25) is 14.4 Å². The van der Waals surface area contributed by atoms with Crippen molar-refractivity contribution < 1.29 is 24.2 Å². The van der Waals surface area contributed by atoms with Crippen molar-refractivity contribution in [1.29, 1.82) is 0 Å². The minimum atomic E-state index is -0.987. The maximum atomic E-state index is 11.9. The van der Waals surface area contributed by atoms with Crippen molar-refractivity contribution in [2.75, 3.05) is 26.8 Å². The highest BCUT2D eigenvalue weighted by atomic mass is 16.5. The third-order valence-electron chi connectivity index (χ3n) is 3.14. The SMILES string of the molecule is COCCNC(=O)CNC(=O)[C@@H]1CC=CC[C@@H]1C(=O)O. The average Bonchev–Trinajstić information content (AvgIpc) is 2.45. The highest BCUT2D eigenvalue weighted by Gasteiger charge is 2.33. The molecular weight excluding hydrogens is 264 g/mol. The smallest absolute Gasteiger partial charge is 0.307 e. The molecule has 0 aromatic carbocycles. The molecule has 0 saturated carbocycles. The molecule has 1 aliphatic rings. The molecule has 7 heteroatoms. The van der Waals surface area contributed by atoms with Crippen molar-refractivity contribution in [3.63, 3.8) is 0 Å². The van der Waals surface area contributed by atoms with E-state index in [0.717, 1.165) is 0 Å². The van der Waals surface area contributed by atoms with E-state index in [9.17, 15) is 14.4 Å². The van der Waals surface area contributed by atoms with E-state index < -0.39 is 23.7 Å². The van der Waals surface area contributed by atoms with E-state index in [2.05, 4.69) is 10.6 Å². The number of carboxylic acids is 1. The molecule has 0 heterocycles. The van der Waals surface area contributed by atoms with Gasteiger partial charge in [0.25, 0.3) is 0 Å². The number of carbonyl (C=O) groups is 3. The van der Waals surface area contributed by atoms with Gasteiger partial charge >= 0.3 is 5.97 Å². The summed E-state index contributed by atoms with van der Waals surface area (Å²) in [5.74, 6) is -3.06. The van der Waals surface area contributed by atoms with Gasteiger partial charge in [-0.25, -0.2) is 0 Å². The standard InChI is InChI=1S/C13H20N2O5/c1-20-7-6-14-11(16)8-15-12(17)9-4-2-3-5-10(9)13(18)19/h2-3,9-10H,4-8H2,1H3,(H,14,16)(H,15,17)(H,18,19)/t9-,10+/m1/s1. The molecule has 0 saturated heterocycles. The Morgan fingerprint density at radius 2 is 1.85 bits per heavy atom. The Morgan fingerprint density at radius 3 is 2.45 bits per heavy atom. The predicted molar refractivity (Wildman–Crippen MR) is 70.9 cm³/mol. The van der Waals surface area contributed by atoms with Gasteiger partial charge in [0.15, 0.2) is 0 Å². The predicted octanol–water partition coefficient (Wildman–Crippen LogP) is -0.468. The maximum absolute atomic E-state index is 11.9. The van der Waals surface area contributed by atoms with Crippen molar-refractivity contribution in [3.8, 4) is 0 Å². The van der Waals surface area contributed by atoms with Crippen molar-refractivity contribution >= 4 is 17.8 Å². The number of carboxylic acid groups (broad SMARTS) is 1. The first-order valence-corrected chi connectivity index (χ1v) is 6.47. The van der Waals surface area contributed by atoms with Gasteiger partial charge in [-0.2, -0.15) is 0 Å². The van der Waals surface area contributed by atoms with Gasteiger partial charge in [-0.05, 0) is 12.8 Å². The third kappa shape index (κ3) is 5.00. The number of aliphatic carboxylic acids is 1. The largest absolute Gasteiger partial charge is 0.481 e. The summed E-state index contributed by atoms with van der Waals surface area (Å²) in [4.78, 5) is 34.4. The average molecular weight is 284 g/mol. The van der Waals surface area contributed by atoms with Crippen LogP contribution in [-0.2, 0) is 19.1 Å². The number of nitrogens with one attached hydrogen (secondary N) is 2. The number of rotatable bonds is 7. The lowest BCUT2D eigenvalue weighted by atomic mass is 9.82. The van der Waals surface area contributed by atoms with Crippen LogP contribution >= 0.6 is 0 Å². The summed E-state index contributed by atoms with van der Waals surface area (Å²) in [6.07, 6.45) is 4.28. The Hall–Kier alpha value is -1.89. The van der Waals surface area contributed by atoms with E-state index in [1.54, 1.807) is 12.2 Å². The molecule has 0 unspecified atom stereocenters. The lowest BCUT2D eigenvalue weighted by Gasteiger charge is -2.24. The molecule has 112 valence electrons. The lowest BCUT2D eigenvalue weighted by molar-refractivity contribution is -0.147. The van der Waals surface area contributed by atoms with E-state index in [0.29, 0.717) is 26.0 Å². The molecule has 0 spiro atoms. The number of hydrogen-bond acceptors (Lipinski definition) is 4. The van der Waals surface area contributed by atoms with Crippen LogP contribution in [0.4, 0.5) is 0 Å². The fourth-order valence-electron chi connectivity index (χ4n) is 2.03. The number of amides is 2. The molecule has 0 aliphatic heterocycles. The van der Waals surface area contributed by atoms with Gasteiger partial charge < -0.3 is 20.5 Å². The molecule has 0 bridgehead atoms. The van der Waals surface area contributed by atoms with E-state index in [-0.39, 0.29) is 12.5 Å². The highest BCUT2D eigenvalue weighted by Crippen LogP contribution is 2.25. The van der Waals surface area contributed by atoms with Crippen LogP contribution in [0.5, 0.6) is 0 Å². The molecule has 0 aromatic rings. The zero-order valence-electron chi connectivity index (χ0n) is 11.4. The summed E-state index contributed by atoms with van der Waals surface area (Å²) < 4.78 is 4.78. The second-order valence-corrected chi connectivity index (χ2v) is 4.55. The molecule has 1 aliphatic carbocycles. The molecular formula is C13H20N2O5. The molecule has 20 heavy (non-hydrogen) atoms. The summed E-state index contributed by atoms with van der Waals surface area (Å²) in [5.41, 5.74) is 0. The first kappa shape index (κ1) is 16.2. The number of hydrogen-bond donors (Lipinski definition) is 3. The summed E-state index contributed by atoms with van der Waals surface area (Å²) >= 11 is 0. The first-order valence-electron chi connectivity index (χ1n) is 6.47. The van der Waals surface area contributed by atoms with E-state index in [1.807, 2.05) is 0 Å². The topological polar surface area (TPSA) is 105 Å². The van der Waals surface area contributed by atoms with Crippen LogP contribution in [0.2, 0.25) is 0 Å². The molecule has 3 N–H and O–H groups in total. The van der Waals surface area contributed by atoms with Crippen LogP contribution in [-0.4, -0.2) is 49.7 Å². The van der Waals surface area contributed by atoms with Crippen LogP contribution in [0.25, 0.3) is 0 Å². The monoisotopic (exact) mass is 284 g/mol. The Bertz CT molecular complexity index is 394. The van der Waals surface area contributed by atoms with Gasteiger partial charge in [0.2, 0.25) is 11.8 Å². The van der Waals surface area contributed by atoms with Crippen LogP contribution < -0.4 is 10.6 Å². The minimum Gasteiger partial charge on any atom is -0.481 e. The molecule has 2 atom stereocenters. The van der Waals surface area contributed by atoms with Gasteiger partial charge in [-0.1, -0.05) is 12.2 Å². The third-order valence-corrected chi connectivity index (χ3v) is 3.14. The molecule has 0 aromatic heterocycles. The molecule has 1 rings (SSSR count). The van der Waals surface area contributed by atoms with Gasteiger partial charge in [-0.15, -0.1) is 0 Å². The van der Waals surface area contributed by atoms with Crippen molar-refractivity contribution in [2.24, 2.45) is 11.8 Å². The van der Waals surface area contributed by atoms with E-state index >= 15 is 0 Å². The molecule has 7 nitrogen and oxygen atoms in total. The van der Waals surface area contributed by atoms with Crippen LogP contribution in [0.15, 0.2) is 12.2 Å². The Balaban J connectivity index is 2.39. The zero-order chi connectivity index (χ0) is 15.0. The van der Waals surface area contributed by atoms with Gasteiger partial charge in [0.05, 0.1) is 25.0 Å².